The molecule has 0 atom stereocenters. The van der Waals surface area contributed by atoms with Crippen molar-refractivity contribution in [2.45, 2.75) is 19.3 Å². The van der Waals surface area contributed by atoms with E-state index in [9.17, 15) is 4.79 Å². The molecular formula is C19H20NO2+. The number of para-hydroxylation sites is 2. The largest absolute Gasteiger partial charge is 0.468 e. The Morgan fingerprint density at radius 1 is 0.955 bits per heavy atom. The van der Waals surface area contributed by atoms with Crippen molar-refractivity contribution in [1.29, 1.82) is 0 Å². The quantitative estimate of drug-likeness (QED) is 0.412. The highest BCUT2D eigenvalue weighted by atomic mass is 16.5. The first-order chi connectivity index (χ1) is 10.5. The molecule has 3 heteroatoms. The molecule has 3 nitrogen and oxygen atoms in total. The molecule has 0 amide bonds. The summed E-state index contributed by atoms with van der Waals surface area (Å²) in [5.41, 5.74) is 2.51. The molecule has 0 bridgehead atoms. The molecule has 0 saturated heterocycles. The number of nitrogens with zero attached hydrogens (tertiary/aromatic N) is 1. The van der Waals surface area contributed by atoms with E-state index in [2.05, 4.69) is 35.9 Å². The molecule has 0 unspecified atom stereocenters. The molecule has 112 valence electrons. The van der Waals surface area contributed by atoms with Crippen molar-refractivity contribution in [1.82, 2.24) is 0 Å². The summed E-state index contributed by atoms with van der Waals surface area (Å²) in [5, 5.41) is 2.16. The van der Waals surface area contributed by atoms with Crippen molar-refractivity contribution in [2.75, 3.05) is 7.11 Å². The number of methoxy groups -OCH3 is 1. The molecule has 3 aromatic rings. The SMILES string of the molecule is COC(=O)C(C)(C)c1c2ccccc2[n+](C)c2ccccc12. The highest BCUT2D eigenvalue weighted by Crippen LogP contribution is 2.35. The number of aromatic nitrogens is 1. The molecule has 0 fully saturated rings. The molecular weight excluding hydrogens is 274 g/mol. The minimum absolute atomic E-state index is 0.225. The molecule has 1 aromatic heterocycles. The number of aryl methyl sites for hydroxylation is 1. The van der Waals surface area contributed by atoms with E-state index in [1.807, 2.05) is 38.1 Å². The predicted octanol–water partition coefficient (Wildman–Crippen LogP) is 3.27. The van der Waals surface area contributed by atoms with Gasteiger partial charge in [0.15, 0.2) is 0 Å². The van der Waals surface area contributed by atoms with E-state index in [0.29, 0.717) is 0 Å². The molecule has 0 radical (unpaired) electrons. The van der Waals surface area contributed by atoms with E-state index in [1.165, 1.54) is 7.11 Å². The lowest BCUT2D eigenvalue weighted by Crippen LogP contribution is -2.35. The van der Waals surface area contributed by atoms with Crippen LogP contribution in [0.1, 0.15) is 19.4 Å². The zero-order valence-electron chi connectivity index (χ0n) is 13.4. The fraction of sp³-hybridized carbons (Fsp3) is 0.263. The number of rotatable bonds is 2. The van der Waals surface area contributed by atoms with Crippen LogP contribution >= 0.6 is 0 Å². The van der Waals surface area contributed by atoms with Gasteiger partial charge in [0, 0.05) is 12.1 Å². The standard InChI is InChI=1S/C19H20NO2/c1-19(2,18(21)22-4)17-13-9-5-7-11-15(13)20(3)16-12-8-6-10-14(16)17/h5-12H,1-4H3/q+1. The van der Waals surface area contributed by atoms with Crippen molar-refractivity contribution in [3.63, 3.8) is 0 Å². The Balaban J connectivity index is 2.55. The number of carbonyl (C=O) groups excluding carboxylic acids is 1. The average molecular weight is 294 g/mol. The Morgan fingerprint density at radius 2 is 1.41 bits per heavy atom. The summed E-state index contributed by atoms with van der Waals surface area (Å²) < 4.78 is 7.22. The van der Waals surface area contributed by atoms with Crippen molar-refractivity contribution in [2.24, 2.45) is 7.05 Å². The normalized spacial score (nSPS) is 11.8. The van der Waals surface area contributed by atoms with E-state index in [-0.39, 0.29) is 5.97 Å². The molecule has 22 heavy (non-hydrogen) atoms. The highest BCUT2D eigenvalue weighted by Gasteiger charge is 2.36. The summed E-state index contributed by atoms with van der Waals surface area (Å²) in [7, 11) is 3.50. The van der Waals surface area contributed by atoms with Gasteiger partial charge in [0.25, 0.3) is 0 Å². The smallest absolute Gasteiger partial charge is 0.315 e. The third-order valence-electron chi connectivity index (χ3n) is 4.39. The lowest BCUT2D eigenvalue weighted by atomic mass is 9.80. The molecule has 0 aliphatic heterocycles. The van der Waals surface area contributed by atoms with Crippen LogP contribution in [0.15, 0.2) is 48.5 Å². The topological polar surface area (TPSA) is 30.2 Å². The number of benzene rings is 2. The monoisotopic (exact) mass is 294 g/mol. The molecule has 0 saturated carbocycles. The molecule has 0 aliphatic carbocycles. The Morgan fingerprint density at radius 3 is 1.86 bits per heavy atom. The number of hydrogen-bond donors (Lipinski definition) is 0. The van der Waals surface area contributed by atoms with Gasteiger partial charge >= 0.3 is 5.97 Å². The first-order valence-electron chi connectivity index (χ1n) is 7.37. The second kappa shape index (κ2) is 5.09. The van der Waals surface area contributed by atoms with Crippen LogP contribution in [0, 0.1) is 0 Å². The Hall–Kier alpha value is -2.42. The molecule has 0 aliphatic rings. The maximum absolute atomic E-state index is 12.4. The maximum atomic E-state index is 12.4. The van der Waals surface area contributed by atoms with Crippen molar-refractivity contribution >= 4 is 27.8 Å². The lowest BCUT2D eigenvalue weighted by Gasteiger charge is -2.24. The Bertz CT molecular complexity index is 824. The van der Waals surface area contributed by atoms with Crippen LogP contribution in [0.4, 0.5) is 0 Å². The zero-order chi connectivity index (χ0) is 15.9. The number of pyridine rings is 1. The molecule has 3 rings (SSSR count). The van der Waals surface area contributed by atoms with Crippen molar-refractivity contribution in [3.8, 4) is 0 Å². The summed E-state index contributed by atoms with van der Waals surface area (Å²) in [5.74, 6) is -0.225. The van der Waals surface area contributed by atoms with E-state index >= 15 is 0 Å². The third-order valence-corrected chi connectivity index (χ3v) is 4.39. The second-order valence-corrected chi connectivity index (χ2v) is 6.08. The maximum Gasteiger partial charge on any atom is 0.315 e. The Kier molecular flexibility index (Phi) is 3.36. The number of carbonyl (C=O) groups is 1. The van der Waals surface area contributed by atoms with Gasteiger partial charge in [-0.05, 0) is 31.5 Å². The average Bonchev–Trinajstić information content (AvgIpc) is 2.54. The molecule has 0 spiro atoms. The fourth-order valence-corrected chi connectivity index (χ4v) is 3.26. The van der Waals surface area contributed by atoms with Crippen LogP contribution in [0.5, 0.6) is 0 Å². The summed E-state index contributed by atoms with van der Waals surface area (Å²) >= 11 is 0. The second-order valence-electron chi connectivity index (χ2n) is 6.08. The zero-order valence-corrected chi connectivity index (χ0v) is 13.4. The van der Waals surface area contributed by atoms with Crippen molar-refractivity contribution < 1.29 is 14.1 Å². The predicted molar refractivity (Wildman–Crippen MR) is 87.7 cm³/mol. The lowest BCUT2D eigenvalue weighted by molar-refractivity contribution is -0.617. The minimum atomic E-state index is -0.720. The van der Waals surface area contributed by atoms with E-state index in [4.69, 9.17) is 4.74 Å². The van der Waals surface area contributed by atoms with Gasteiger partial charge in [-0.3, -0.25) is 4.79 Å². The van der Waals surface area contributed by atoms with Crippen LogP contribution in [0.25, 0.3) is 21.8 Å². The van der Waals surface area contributed by atoms with Gasteiger partial charge in [-0.2, -0.15) is 4.57 Å². The Labute approximate surface area is 130 Å². The summed E-state index contributed by atoms with van der Waals surface area (Å²) in [4.78, 5) is 12.4. The van der Waals surface area contributed by atoms with Crippen LogP contribution < -0.4 is 4.57 Å². The van der Waals surface area contributed by atoms with Gasteiger partial charge in [0.2, 0.25) is 11.0 Å². The first-order valence-corrected chi connectivity index (χ1v) is 7.37. The van der Waals surface area contributed by atoms with Crippen LogP contribution in [0.3, 0.4) is 0 Å². The van der Waals surface area contributed by atoms with Crippen LogP contribution in [0.2, 0.25) is 0 Å². The van der Waals surface area contributed by atoms with Gasteiger partial charge in [-0.25, -0.2) is 0 Å². The fourth-order valence-electron chi connectivity index (χ4n) is 3.26. The van der Waals surface area contributed by atoms with Gasteiger partial charge in [-0.15, -0.1) is 0 Å². The number of ether oxygens (including phenoxy) is 1. The number of esters is 1. The van der Waals surface area contributed by atoms with E-state index < -0.39 is 5.41 Å². The number of fused-ring (bicyclic) bond motifs is 2. The molecule has 1 heterocycles. The highest BCUT2D eigenvalue weighted by molar-refractivity contribution is 6.00. The van der Waals surface area contributed by atoms with E-state index in [1.54, 1.807) is 0 Å². The minimum Gasteiger partial charge on any atom is -0.468 e. The summed E-state index contributed by atoms with van der Waals surface area (Å²) in [6.45, 7) is 3.85. The van der Waals surface area contributed by atoms with Crippen molar-refractivity contribution in [3.05, 3.63) is 54.1 Å². The summed E-state index contributed by atoms with van der Waals surface area (Å²) in [6, 6.07) is 16.4. The van der Waals surface area contributed by atoms with E-state index in [0.717, 1.165) is 27.4 Å². The molecule has 2 aromatic carbocycles. The van der Waals surface area contributed by atoms with Gasteiger partial charge in [0.1, 0.15) is 7.05 Å². The third kappa shape index (κ3) is 1.97. The summed E-state index contributed by atoms with van der Waals surface area (Å²) in [6.07, 6.45) is 0. The van der Waals surface area contributed by atoms with Crippen LogP contribution in [-0.2, 0) is 22.0 Å². The van der Waals surface area contributed by atoms with Crippen LogP contribution in [-0.4, -0.2) is 13.1 Å². The number of hydrogen-bond acceptors (Lipinski definition) is 2. The van der Waals surface area contributed by atoms with Gasteiger partial charge in [-0.1, -0.05) is 24.3 Å². The van der Waals surface area contributed by atoms with Gasteiger partial charge < -0.3 is 4.74 Å². The molecule has 0 N–H and O–H groups in total. The first kappa shape index (κ1) is 14.5. The van der Waals surface area contributed by atoms with Gasteiger partial charge in [0.05, 0.1) is 23.3 Å².